The monoisotopic (exact) mass is 291 g/mol. The molecular weight excluding hydrogens is 281 g/mol. The van der Waals surface area contributed by atoms with Crippen molar-refractivity contribution in [2.45, 2.75) is 13.0 Å². The number of aryl methyl sites for hydroxylation is 1. The predicted octanol–water partition coefficient (Wildman–Crippen LogP) is 3.29. The Kier molecular flexibility index (Phi) is 3.65. The summed E-state index contributed by atoms with van der Waals surface area (Å²) in [4.78, 5) is 3.93. The van der Waals surface area contributed by atoms with E-state index in [1.165, 1.54) is 13.1 Å². The summed E-state index contributed by atoms with van der Waals surface area (Å²) in [5.74, 6) is -9.58. The molecule has 0 aliphatic carbocycles. The van der Waals surface area contributed by atoms with Gasteiger partial charge in [0.2, 0.25) is 5.82 Å². The molecule has 3 nitrogen and oxygen atoms in total. The quantitative estimate of drug-likeness (QED) is 0.534. The van der Waals surface area contributed by atoms with Crippen molar-refractivity contribution >= 4 is 5.69 Å². The van der Waals surface area contributed by atoms with Crippen LogP contribution in [0.2, 0.25) is 0 Å². The molecule has 1 N–H and O–H groups in total. The van der Waals surface area contributed by atoms with Gasteiger partial charge in [-0.25, -0.2) is 26.9 Å². The highest BCUT2D eigenvalue weighted by Gasteiger charge is 2.27. The van der Waals surface area contributed by atoms with Crippen molar-refractivity contribution in [3.8, 4) is 0 Å². The Balaban J connectivity index is 2.42. The fourth-order valence-electron chi connectivity index (χ4n) is 1.81. The summed E-state index contributed by atoms with van der Waals surface area (Å²) in [5.41, 5.74) is -1.07. The zero-order valence-corrected chi connectivity index (χ0v) is 10.5. The minimum absolute atomic E-state index is 0.383. The summed E-state index contributed by atoms with van der Waals surface area (Å²) in [7, 11) is 1.64. The Morgan fingerprint density at radius 3 is 1.95 bits per heavy atom. The van der Waals surface area contributed by atoms with Crippen LogP contribution in [0.25, 0.3) is 0 Å². The minimum atomic E-state index is -2.19. The van der Waals surface area contributed by atoms with Crippen LogP contribution in [0.1, 0.15) is 18.8 Å². The Morgan fingerprint density at radius 1 is 1.00 bits per heavy atom. The van der Waals surface area contributed by atoms with Gasteiger partial charge < -0.3 is 9.88 Å². The standard InChI is InChI=1S/C12H10F5N3/c1-5(12-18-3-4-20(12)2)19-11-9(16)7(14)6(13)8(15)10(11)17/h3-5,19H,1-2H3. The third-order valence-corrected chi connectivity index (χ3v) is 2.82. The zero-order valence-electron chi connectivity index (χ0n) is 10.5. The average molecular weight is 291 g/mol. The fraction of sp³-hybridized carbons (Fsp3) is 0.250. The van der Waals surface area contributed by atoms with Crippen molar-refractivity contribution in [1.29, 1.82) is 0 Å². The second kappa shape index (κ2) is 5.10. The molecule has 1 heterocycles. The van der Waals surface area contributed by atoms with E-state index in [2.05, 4.69) is 10.3 Å². The van der Waals surface area contributed by atoms with Crippen LogP contribution < -0.4 is 5.32 Å². The molecule has 8 heteroatoms. The summed E-state index contributed by atoms with van der Waals surface area (Å²) in [5, 5.41) is 2.25. The number of nitrogens with zero attached hydrogens (tertiary/aromatic N) is 2. The highest BCUT2D eigenvalue weighted by Crippen LogP contribution is 2.29. The second-order valence-electron chi connectivity index (χ2n) is 4.21. The molecular formula is C12H10F5N3. The van der Waals surface area contributed by atoms with Crippen LogP contribution in [-0.4, -0.2) is 9.55 Å². The molecule has 0 radical (unpaired) electrons. The molecule has 1 unspecified atom stereocenters. The fourth-order valence-corrected chi connectivity index (χ4v) is 1.81. The van der Waals surface area contributed by atoms with Crippen molar-refractivity contribution in [3.05, 3.63) is 47.3 Å². The van der Waals surface area contributed by atoms with Gasteiger partial charge in [0.1, 0.15) is 11.5 Å². The van der Waals surface area contributed by atoms with Crippen LogP contribution in [0.15, 0.2) is 12.4 Å². The van der Waals surface area contributed by atoms with Gasteiger partial charge in [0, 0.05) is 19.4 Å². The van der Waals surface area contributed by atoms with E-state index in [0.29, 0.717) is 5.82 Å². The number of rotatable bonds is 3. The Morgan fingerprint density at radius 2 is 1.50 bits per heavy atom. The van der Waals surface area contributed by atoms with Crippen LogP contribution in [0.4, 0.5) is 27.6 Å². The first-order valence-corrected chi connectivity index (χ1v) is 5.59. The van der Waals surface area contributed by atoms with E-state index in [9.17, 15) is 22.0 Å². The van der Waals surface area contributed by atoms with Crippen LogP contribution in [0.5, 0.6) is 0 Å². The van der Waals surface area contributed by atoms with Gasteiger partial charge in [-0.1, -0.05) is 0 Å². The first kappa shape index (κ1) is 14.3. The average Bonchev–Trinajstić information content (AvgIpc) is 2.85. The SMILES string of the molecule is CC(Nc1c(F)c(F)c(F)c(F)c1F)c1nccn1C. The molecule has 1 aromatic carbocycles. The van der Waals surface area contributed by atoms with Gasteiger partial charge in [-0.05, 0) is 6.92 Å². The van der Waals surface area contributed by atoms with E-state index >= 15 is 0 Å². The number of nitrogens with one attached hydrogen (secondary N) is 1. The molecule has 0 bridgehead atoms. The predicted molar refractivity (Wildman–Crippen MR) is 61.5 cm³/mol. The Labute approximate surface area is 111 Å². The summed E-state index contributed by atoms with van der Waals surface area (Å²) in [6.45, 7) is 1.49. The lowest BCUT2D eigenvalue weighted by Gasteiger charge is -2.17. The molecule has 0 saturated heterocycles. The van der Waals surface area contributed by atoms with Crippen molar-refractivity contribution in [2.24, 2.45) is 7.05 Å². The topological polar surface area (TPSA) is 29.9 Å². The van der Waals surface area contributed by atoms with Gasteiger partial charge in [0.05, 0.1) is 6.04 Å². The summed E-state index contributed by atoms with van der Waals surface area (Å²) in [6, 6.07) is -0.747. The zero-order chi connectivity index (χ0) is 15.0. The maximum Gasteiger partial charge on any atom is 0.200 e. The highest BCUT2D eigenvalue weighted by molar-refractivity contribution is 5.48. The minimum Gasteiger partial charge on any atom is -0.370 e. The largest absolute Gasteiger partial charge is 0.370 e. The molecule has 0 fully saturated rings. The Hall–Kier alpha value is -2.12. The van der Waals surface area contributed by atoms with E-state index in [4.69, 9.17) is 0 Å². The van der Waals surface area contributed by atoms with E-state index in [-0.39, 0.29) is 0 Å². The van der Waals surface area contributed by atoms with Gasteiger partial charge in [-0.3, -0.25) is 0 Å². The summed E-state index contributed by atoms with van der Waals surface area (Å²) >= 11 is 0. The lowest BCUT2D eigenvalue weighted by Crippen LogP contribution is -2.16. The van der Waals surface area contributed by atoms with Crippen molar-refractivity contribution in [2.75, 3.05) is 5.32 Å². The van der Waals surface area contributed by atoms with Gasteiger partial charge in [-0.15, -0.1) is 0 Å². The van der Waals surface area contributed by atoms with Crippen molar-refractivity contribution < 1.29 is 22.0 Å². The third-order valence-electron chi connectivity index (χ3n) is 2.82. The van der Waals surface area contributed by atoms with Crippen LogP contribution in [0, 0.1) is 29.1 Å². The first-order valence-electron chi connectivity index (χ1n) is 5.59. The van der Waals surface area contributed by atoms with Crippen molar-refractivity contribution in [1.82, 2.24) is 9.55 Å². The summed E-state index contributed by atoms with van der Waals surface area (Å²) < 4.78 is 67.6. The molecule has 0 aliphatic rings. The number of imidazole rings is 1. The molecule has 0 saturated carbocycles. The van der Waals surface area contributed by atoms with Gasteiger partial charge in [0.15, 0.2) is 23.3 Å². The highest BCUT2D eigenvalue weighted by atomic mass is 19.2. The lowest BCUT2D eigenvalue weighted by molar-refractivity contribution is 0.380. The van der Waals surface area contributed by atoms with Crippen LogP contribution in [-0.2, 0) is 7.05 Å². The van der Waals surface area contributed by atoms with E-state index in [1.54, 1.807) is 17.8 Å². The molecule has 1 aromatic heterocycles. The third kappa shape index (κ3) is 2.21. The number of hydrogen-bond acceptors (Lipinski definition) is 2. The lowest BCUT2D eigenvalue weighted by atomic mass is 10.2. The molecule has 0 amide bonds. The van der Waals surface area contributed by atoms with E-state index in [0.717, 1.165) is 0 Å². The molecule has 20 heavy (non-hydrogen) atoms. The number of aromatic nitrogens is 2. The smallest absolute Gasteiger partial charge is 0.200 e. The molecule has 2 aromatic rings. The summed E-state index contributed by atoms with van der Waals surface area (Å²) in [6.07, 6.45) is 3.04. The van der Waals surface area contributed by atoms with E-state index < -0.39 is 40.8 Å². The normalized spacial score (nSPS) is 12.6. The number of benzene rings is 1. The molecule has 0 aliphatic heterocycles. The van der Waals surface area contributed by atoms with Gasteiger partial charge in [-0.2, -0.15) is 0 Å². The van der Waals surface area contributed by atoms with Gasteiger partial charge in [0.25, 0.3) is 0 Å². The molecule has 2 rings (SSSR count). The van der Waals surface area contributed by atoms with Crippen LogP contribution >= 0.6 is 0 Å². The van der Waals surface area contributed by atoms with Crippen LogP contribution in [0.3, 0.4) is 0 Å². The Bertz CT molecular complexity index is 624. The molecule has 0 spiro atoms. The van der Waals surface area contributed by atoms with E-state index in [1.807, 2.05) is 0 Å². The molecule has 108 valence electrons. The van der Waals surface area contributed by atoms with Gasteiger partial charge >= 0.3 is 0 Å². The maximum atomic E-state index is 13.5. The van der Waals surface area contributed by atoms with Crippen molar-refractivity contribution in [3.63, 3.8) is 0 Å². The first-order chi connectivity index (χ1) is 9.34. The number of anilines is 1. The number of halogens is 5. The molecule has 1 atom stereocenters. The maximum absolute atomic E-state index is 13.5. The number of hydrogen-bond donors (Lipinski definition) is 1. The second-order valence-corrected chi connectivity index (χ2v) is 4.21.